The van der Waals surface area contributed by atoms with Crippen molar-refractivity contribution in [1.82, 2.24) is 5.48 Å². The molecule has 0 spiro atoms. The van der Waals surface area contributed by atoms with E-state index in [1.54, 1.807) is 36.4 Å². The van der Waals surface area contributed by atoms with Gasteiger partial charge in [-0.05, 0) is 55.0 Å². The Labute approximate surface area is 172 Å². The van der Waals surface area contributed by atoms with E-state index in [1.807, 2.05) is 0 Å². The minimum Gasteiger partial charge on any atom is -0.508 e. The highest BCUT2D eigenvalue weighted by atomic mass is 16.6. The zero-order chi connectivity index (χ0) is 22.1. The van der Waals surface area contributed by atoms with Crippen LogP contribution >= 0.6 is 0 Å². The lowest BCUT2D eigenvalue weighted by Gasteiger charge is -2.24. The third-order valence-corrected chi connectivity index (χ3v) is 4.11. The number of carbonyl (C=O) groups excluding carboxylic acids is 3. The lowest BCUT2D eigenvalue weighted by molar-refractivity contribution is -0.124. The summed E-state index contributed by atoms with van der Waals surface area (Å²) in [7, 11) is 1.36. The maximum absolute atomic E-state index is 12.4. The third kappa shape index (κ3) is 6.43. The van der Waals surface area contributed by atoms with E-state index in [-0.39, 0.29) is 11.5 Å². The van der Waals surface area contributed by atoms with Crippen LogP contribution in [-0.4, -0.2) is 41.3 Å². The number of hydrogen-bond acceptors (Lipinski definition) is 7. The number of methoxy groups -OCH3 is 1. The van der Waals surface area contributed by atoms with Gasteiger partial charge in [-0.3, -0.25) is 20.1 Å². The Balaban J connectivity index is 2.21. The number of phenolic OH excluding ortho intramolecular Hbond substituents is 1. The van der Waals surface area contributed by atoms with Crippen molar-refractivity contribution in [3.8, 4) is 5.75 Å². The minimum atomic E-state index is -0.977. The molecule has 0 radical (unpaired) electrons. The first-order chi connectivity index (χ1) is 14.3. The number of phenols is 1. The van der Waals surface area contributed by atoms with E-state index in [0.717, 1.165) is 6.08 Å². The van der Waals surface area contributed by atoms with E-state index in [0.29, 0.717) is 16.8 Å². The topological polar surface area (TPSA) is 134 Å². The number of hydroxylamine groups is 1. The van der Waals surface area contributed by atoms with Crippen LogP contribution in [0.4, 0.5) is 10.5 Å². The van der Waals surface area contributed by atoms with Gasteiger partial charge in [-0.2, -0.15) is 0 Å². The lowest BCUT2D eigenvalue weighted by atomic mass is 10.0. The van der Waals surface area contributed by atoms with Crippen molar-refractivity contribution in [3.63, 3.8) is 0 Å². The summed E-state index contributed by atoms with van der Waals surface area (Å²) in [5, 5.41) is 20.7. The molecule has 0 fully saturated rings. The number of benzene rings is 2. The molecule has 2 aromatic rings. The average Bonchev–Trinajstić information content (AvgIpc) is 2.74. The van der Waals surface area contributed by atoms with Gasteiger partial charge >= 0.3 is 6.09 Å². The van der Waals surface area contributed by atoms with Crippen LogP contribution in [0.2, 0.25) is 0 Å². The molecule has 0 aromatic heterocycles. The van der Waals surface area contributed by atoms with Gasteiger partial charge in [0.25, 0.3) is 5.91 Å². The zero-order valence-electron chi connectivity index (χ0n) is 16.4. The number of hydrogen-bond donors (Lipinski definition) is 4. The van der Waals surface area contributed by atoms with Gasteiger partial charge in [0.05, 0.1) is 0 Å². The highest BCUT2D eigenvalue weighted by Crippen LogP contribution is 2.27. The van der Waals surface area contributed by atoms with E-state index in [9.17, 15) is 19.5 Å². The maximum Gasteiger partial charge on any atom is 0.412 e. The summed E-state index contributed by atoms with van der Waals surface area (Å²) in [6.45, 7) is 1.44. The Hall–Kier alpha value is -3.69. The highest BCUT2D eigenvalue weighted by Gasteiger charge is 2.26. The van der Waals surface area contributed by atoms with Crippen LogP contribution < -0.4 is 10.8 Å². The first kappa shape index (κ1) is 22.6. The second kappa shape index (κ2) is 10.7. The Kier molecular flexibility index (Phi) is 8.09. The third-order valence-electron chi connectivity index (χ3n) is 4.11. The number of amides is 2. The number of aromatic hydroxyl groups is 1. The summed E-state index contributed by atoms with van der Waals surface area (Å²) < 4.78 is 10.8. The van der Waals surface area contributed by atoms with E-state index in [4.69, 9.17) is 14.7 Å². The molecule has 0 aliphatic heterocycles. The van der Waals surface area contributed by atoms with Gasteiger partial charge in [-0.1, -0.05) is 12.1 Å². The van der Waals surface area contributed by atoms with Gasteiger partial charge in [-0.25, -0.2) is 10.3 Å². The highest BCUT2D eigenvalue weighted by molar-refractivity contribution is 5.95. The largest absolute Gasteiger partial charge is 0.508 e. The van der Waals surface area contributed by atoms with Crippen molar-refractivity contribution < 1.29 is 34.2 Å². The van der Waals surface area contributed by atoms with Gasteiger partial charge in [0.2, 0.25) is 0 Å². The van der Waals surface area contributed by atoms with Gasteiger partial charge in [0.1, 0.15) is 11.9 Å². The van der Waals surface area contributed by atoms with Crippen LogP contribution in [0.5, 0.6) is 5.75 Å². The van der Waals surface area contributed by atoms with Crippen molar-refractivity contribution in [3.05, 3.63) is 71.8 Å². The Bertz CT molecular complexity index is 908. The fraction of sp³-hybridized carbons (Fsp3) is 0.190. The van der Waals surface area contributed by atoms with Gasteiger partial charge < -0.3 is 14.6 Å². The quantitative estimate of drug-likeness (QED) is 0.226. The van der Waals surface area contributed by atoms with E-state index >= 15 is 0 Å². The number of anilines is 1. The van der Waals surface area contributed by atoms with Crippen molar-refractivity contribution in [2.75, 3.05) is 12.4 Å². The summed E-state index contributed by atoms with van der Waals surface area (Å²) >= 11 is 0. The first-order valence-electron chi connectivity index (χ1n) is 8.86. The molecule has 0 saturated carbocycles. The number of carbonyl (C=O) groups is 3. The van der Waals surface area contributed by atoms with Crippen molar-refractivity contribution >= 4 is 23.5 Å². The molecule has 2 rings (SSSR count). The van der Waals surface area contributed by atoms with Crippen molar-refractivity contribution in [2.24, 2.45) is 0 Å². The molecule has 4 N–H and O–H groups in total. The normalized spacial score (nSPS) is 12.8. The molecule has 9 heteroatoms. The SMILES string of the molecule is CO[C@@H](/C=C/C(=O)NO)[C@@H](OC(=O)Nc1ccc(C(C)=O)cc1)c1ccc(O)cc1. The van der Waals surface area contributed by atoms with Crippen LogP contribution in [-0.2, 0) is 14.3 Å². The van der Waals surface area contributed by atoms with E-state index < -0.39 is 24.2 Å². The molecule has 9 nitrogen and oxygen atoms in total. The van der Waals surface area contributed by atoms with Gasteiger partial charge in [0.15, 0.2) is 11.9 Å². The molecule has 0 bridgehead atoms. The molecule has 2 aromatic carbocycles. The van der Waals surface area contributed by atoms with E-state index in [2.05, 4.69) is 5.32 Å². The molecule has 2 amide bonds. The number of rotatable bonds is 8. The monoisotopic (exact) mass is 414 g/mol. The summed E-state index contributed by atoms with van der Waals surface area (Å²) in [6, 6.07) is 12.2. The molecule has 158 valence electrons. The first-order valence-corrected chi connectivity index (χ1v) is 8.86. The fourth-order valence-corrected chi connectivity index (χ4v) is 2.56. The van der Waals surface area contributed by atoms with Crippen LogP contribution in [0.3, 0.4) is 0 Å². The molecular formula is C21H22N2O7. The van der Waals surface area contributed by atoms with Gasteiger partial charge in [0, 0.05) is 24.4 Å². The molecule has 0 aliphatic carbocycles. The lowest BCUT2D eigenvalue weighted by Crippen LogP contribution is -2.27. The summed E-state index contributed by atoms with van der Waals surface area (Å²) in [4.78, 5) is 35.1. The summed E-state index contributed by atoms with van der Waals surface area (Å²) in [5.74, 6) is -0.855. The second-order valence-corrected chi connectivity index (χ2v) is 6.21. The molecule has 0 heterocycles. The molecule has 0 saturated heterocycles. The number of nitrogens with one attached hydrogen (secondary N) is 2. The van der Waals surface area contributed by atoms with Gasteiger partial charge in [-0.15, -0.1) is 0 Å². The number of ketones is 1. The smallest absolute Gasteiger partial charge is 0.412 e. The van der Waals surface area contributed by atoms with Crippen molar-refractivity contribution in [2.45, 2.75) is 19.1 Å². The predicted octanol–water partition coefficient (Wildman–Crippen LogP) is 2.96. The molecule has 30 heavy (non-hydrogen) atoms. The maximum atomic E-state index is 12.4. The standard InChI is InChI=1S/C21H22N2O7/c1-13(24)14-3-7-16(8-4-14)22-21(27)30-20(15-5-9-17(25)10-6-15)18(29-2)11-12-19(26)23-28/h3-12,18,20,25,28H,1-2H3,(H,22,27)(H,23,26)/b12-11+/t18-,20-/m0/s1. The Morgan fingerprint density at radius 1 is 1.03 bits per heavy atom. The predicted molar refractivity (Wildman–Crippen MR) is 107 cm³/mol. The minimum absolute atomic E-state index is 0.0247. The second-order valence-electron chi connectivity index (χ2n) is 6.21. The molecule has 0 unspecified atom stereocenters. The molecular weight excluding hydrogens is 392 g/mol. The number of Topliss-reactive ketones (excluding diaryl/α,β-unsaturated/α-hetero) is 1. The zero-order valence-corrected chi connectivity index (χ0v) is 16.4. The van der Waals surface area contributed by atoms with Crippen LogP contribution in [0.25, 0.3) is 0 Å². The summed E-state index contributed by atoms with van der Waals surface area (Å²) in [5.41, 5.74) is 2.87. The fourth-order valence-electron chi connectivity index (χ4n) is 2.56. The number of ether oxygens (including phenoxy) is 2. The van der Waals surface area contributed by atoms with Crippen LogP contribution in [0, 0.1) is 0 Å². The van der Waals surface area contributed by atoms with Crippen LogP contribution in [0.15, 0.2) is 60.7 Å². The average molecular weight is 414 g/mol. The molecule has 0 aliphatic rings. The summed E-state index contributed by atoms with van der Waals surface area (Å²) in [6.07, 6.45) is -0.306. The van der Waals surface area contributed by atoms with Crippen molar-refractivity contribution in [1.29, 1.82) is 0 Å². The van der Waals surface area contributed by atoms with Crippen LogP contribution in [0.1, 0.15) is 28.9 Å². The Morgan fingerprint density at radius 2 is 1.67 bits per heavy atom. The Morgan fingerprint density at radius 3 is 2.20 bits per heavy atom. The van der Waals surface area contributed by atoms with E-state index in [1.165, 1.54) is 37.7 Å². The molecule has 2 atom stereocenters.